The Labute approximate surface area is 116 Å². The highest BCUT2D eigenvalue weighted by atomic mass is 16.5. The third-order valence-corrected chi connectivity index (χ3v) is 3.71. The molecule has 0 aliphatic carbocycles. The minimum Gasteiger partial charge on any atom is -0.490 e. The molecule has 1 heterocycles. The van der Waals surface area contributed by atoms with Crippen molar-refractivity contribution in [1.82, 2.24) is 0 Å². The van der Waals surface area contributed by atoms with Crippen molar-refractivity contribution in [1.29, 1.82) is 0 Å². The van der Waals surface area contributed by atoms with Crippen molar-refractivity contribution < 1.29 is 9.47 Å². The van der Waals surface area contributed by atoms with Crippen LogP contribution in [0.1, 0.15) is 51.6 Å². The summed E-state index contributed by atoms with van der Waals surface area (Å²) in [5.74, 6) is 0.929. The number of nitrogens with two attached hydrogens (primary N) is 1. The maximum atomic E-state index is 6.04. The first-order valence-corrected chi connectivity index (χ1v) is 7.26. The smallest absolute Gasteiger partial charge is 0.119 e. The number of ether oxygens (including phenoxy) is 2. The second kappa shape index (κ2) is 6.40. The highest BCUT2D eigenvalue weighted by Crippen LogP contribution is 2.25. The van der Waals surface area contributed by atoms with Gasteiger partial charge in [0.1, 0.15) is 11.9 Å². The predicted molar refractivity (Wildman–Crippen MR) is 77.3 cm³/mol. The van der Waals surface area contributed by atoms with Gasteiger partial charge in [-0.05, 0) is 38.0 Å². The topological polar surface area (TPSA) is 44.5 Å². The fraction of sp³-hybridized carbons (Fsp3) is 0.625. The molecule has 0 bridgehead atoms. The Balaban J connectivity index is 1.95. The Morgan fingerprint density at radius 3 is 2.32 bits per heavy atom. The molecular formula is C16H25NO2. The van der Waals surface area contributed by atoms with Crippen LogP contribution in [0, 0.1) is 0 Å². The summed E-state index contributed by atoms with van der Waals surface area (Å²) in [4.78, 5) is 0. The lowest BCUT2D eigenvalue weighted by molar-refractivity contribution is -0.0721. The van der Waals surface area contributed by atoms with E-state index < -0.39 is 0 Å². The summed E-state index contributed by atoms with van der Waals surface area (Å²) in [7, 11) is 0. The molecule has 1 saturated heterocycles. The average Bonchev–Trinajstić information content (AvgIpc) is 2.37. The largest absolute Gasteiger partial charge is 0.490 e. The fourth-order valence-electron chi connectivity index (χ4n) is 2.66. The standard InChI is InChI=1S/C16H25NO2/c1-4-16(17)13-5-7-14(8-6-13)19-15-9-11(2)18-12(3)10-15/h5-8,11-12,15-16H,4,9-10,17H2,1-3H3/t11?,12?,15?,16-/m1/s1. The van der Waals surface area contributed by atoms with Crippen LogP contribution in [0.2, 0.25) is 0 Å². The van der Waals surface area contributed by atoms with Gasteiger partial charge in [-0.3, -0.25) is 0 Å². The van der Waals surface area contributed by atoms with Crippen LogP contribution in [0.3, 0.4) is 0 Å². The minimum absolute atomic E-state index is 0.122. The predicted octanol–water partition coefficient (Wildman–Crippen LogP) is 3.43. The molecule has 2 N–H and O–H groups in total. The Morgan fingerprint density at radius 1 is 1.21 bits per heavy atom. The lowest BCUT2D eigenvalue weighted by atomic mass is 10.0. The van der Waals surface area contributed by atoms with E-state index in [0.29, 0.717) is 0 Å². The Kier molecular flexibility index (Phi) is 4.83. The Hall–Kier alpha value is -1.06. The number of rotatable bonds is 4. The molecule has 0 amide bonds. The molecule has 19 heavy (non-hydrogen) atoms. The molecule has 0 saturated carbocycles. The number of hydrogen-bond donors (Lipinski definition) is 1. The molecule has 1 aromatic rings. The molecule has 0 radical (unpaired) electrons. The fourth-order valence-corrected chi connectivity index (χ4v) is 2.66. The van der Waals surface area contributed by atoms with Gasteiger partial charge >= 0.3 is 0 Å². The highest BCUT2D eigenvalue weighted by molar-refractivity contribution is 5.29. The monoisotopic (exact) mass is 263 g/mol. The van der Waals surface area contributed by atoms with Crippen LogP contribution in [0.25, 0.3) is 0 Å². The Bertz CT molecular complexity index is 380. The normalized spacial score (nSPS) is 28.9. The average molecular weight is 263 g/mol. The van der Waals surface area contributed by atoms with E-state index in [1.165, 1.54) is 5.56 Å². The third-order valence-electron chi connectivity index (χ3n) is 3.71. The number of benzene rings is 1. The molecular weight excluding hydrogens is 238 g/mol. The molecule has 3 heteroatoms. The van der Waals surface area contributed by atoms with Gasteiger partial charge < -0.3 is 15.2 Å². The van der Waals surface area contributed by atoms with Crippen molar-refractivity contribution in [3.8, 4) is 5.75 Å². The van der Waals surface area contributed by atoms with Gasteiger partial charge in [0, 0.05) is 18.9 Å². The van der Waals surface area contributed by atoms with Crippen molar-refractivity contribution in [2.24, 2.45) is 5.73 Å². The molecule has 0 aromatic heterocycles. The molecule has 3 atom stereocenters. The summed E-state index contributed by atoms with van der Waals surface area (Å²) in [6.07, 6.45) is 3.68. The van der Waals surface area contributed by atoms with Gasteiger partial charge in [-0.15, -0.1) is 0 Å². The molecule has 106 valence electrons. The van der Waals surface area contributed by atoms with Crippen LogP contribution < -0.4 is 10.5 Å². The lowest BCUT2D eigenvalue weighted by Gasteiger charge is -2.32. The van der Waals surface area contributed by atoms with E-state index in [4.69, 9.17) is 15.2 Å². The van der Waals surface area contributed by atoms with Gasteiger partial charge in [-0.25, -0.2) is 0 Å². The first kappa shape index (κ1) is 14.4. The molecule has 2 unspecified atom stereocenters. The summed E-state index contributed by atoms with van der Waals surface area (Å²) in [6, 6.07) is 8.30. The molecule has 3 nitrogen and oxygen atoms in total. The summed E-state index contributed by atoms with van der Waals surface area (Å²) in [6.45, 7) is 6.31. The van der Waals surface area contributed by atoms with Gasteiger partial charge in [-0.2, -0.15) is 0 Å². The van der Waals surface area contributed by atoms with E-state index in [1.807, 2.05) is 12.1 Å². The van der Waals surface area contributed by atoms with Crippen LogP contribution in [-0.4, -0.2) is 18.3 Å². The van der Waals surface area contributed by atoms with Gasteiger partial charge in [0.2, 0.25) is 0 Å². The SMILES string of the molecule is CC[C@@H](N)c1ccc(OC2CC(C)OC(C)C2)cc1. The second-order valence-corrected chi connectivity index (χ2v) is 5.55. The van der Waals surface area contributed by atoms with E-state index in [-0.39, 0.29) is 24.4 Å². The second-order valence-electron chi connectivity index (χ2n) is 5.55. The van der Waals surface area contributed by atoms with Crippen LogP contribution >= 0.6 is 0 Å². The van der Waals surface area contributed by atoms with Gasteiger partial charge in [0.05, 0.1) is 12.2 Å². The maximum Gasteiger partial charge on any atom is 0.119 e. The van der Waals surface area contributed by atoms with E-state index in [2.05, 4.69) is 32.9 Å². The van der Waals surface area contributed by atoms with Gasteiger partial charge in [-0.1, -0.05) is 19.1 Å². The number of hydrogen-bond acceptors (Lipinski definition) is 3. The van der Waals surface area contributed by atoms with Crippen molar-refractivity contribution >= 4 is 0 Å². The maximum absolute atomic E-state index is 6.04. The van der Waals surface area contributed by atoms with Crippen LogP contribution in [0.4, 0.5) is 0 Å². The summed E-state index contributed by atoms with van der Waals surface area (Å²) in [5, 5.41) is 0. The quantitative estimate of drug-likeness (QED) is 0.905. The van der Waals surface area contributed by atoms with Crippen molar-refractivity contribution in [3.63, 3.8) is 0 Å². The summed E-state index contributed by atoms with van der Waals surface area (Å²) < 4.78 is 11.8. The van der Waals surface area contributed by atoms with Crippen molar-refractivity contribution in [2.75, 3.05) is 0 Å². The first-order chi connectivity index (χ1) is 9.08. The van der Waals surface area contributed by atoms with Gasteiger partial charge in [0.15, 0.2) is 0 Å². The minimum atomic E-state index is 0.122. The van der Waals surface area contributed by atoms with Crippen molar-refractivity contribution in [3.05, 3.63) is 29.8 Å². The van der Waals surface area contributed by atoms with E-state index in [0.717, 1.165) is 25.0 Å². The zero-order valence-corrected chi connectivity index (χ0v) is 12.1. The van der Waals surface area contributed by atoms with Crippen LogP contribution in [0.15, 0.2) is 24.3 Å². The highest BCUT2D eigenvalue weighted by Gasteiger charge is 2.25. The summed E-state index contributed by atoms with van der Waals surface area (Å²) in [5.41, 5.74) is 7.18. The lowest BCUT2D eigenvalue weighted by Crippen LogP contribution is -2.35. The zero-order valence-electron chi connectivity index (χ0n) is 12.1. The molecule has 0 spiro atoms. The van der Waals surface area contributed by atoms with Crippen molar-refractivity contribution in [2.45, 2.75) is 64.4 Å². The first-order valence-electron chi connectivity index (χ1n) is 7.26. The Morgan fingerprint density at radius 2 is 1.79 bits per heavy atom. The molecule has 1 fully saturated rings. The zero-order chi connectivity index (χ0) is 13.8. The van der Waals surface area contributed by atoms with Gasteiger partial charge in [0.25, 0.3) is 0 Å². The third kappa shape index (κ3) is 3.95. The molecule has 1 aliphatic heterocycles. The van der Waals surface area contributed by atoms with Crippen LogP contribution in [0.5, 0.6) is 5.75 Å². The van der Waals surface area contributed by atoms with Crippen LogP contribution in [-0.2, 0) is 4.74 Å². The molecule has 1 aromatic carbocycles. The molecule has 1 aliphatic rings. The summed E-state index contributed by atoms with van der Waals surface area (Å²) >= 11 is 0. The van der Waals surface area contributed by atoms with E-state index in [9.17, 15) is 0 Å². The van der Waals surface area contributed by atoms with E-state index in [1.54, 1.807) is 0 Å². The molecule has 2 rings (SSSR count). The van der Waals surface area contributed by atoms with E-state index >= 15 is 0 Å².